The minimum Gasteiger partial charge on any atom is -0.454 e. The van der Waals surface area contributed by atoms with Crippen molar-refractivity contribution in [3.63, 3.8) is 0 Å². The average Bonchev–Trinajstić information content (AvgIpc) is 3.28. The Morgan fingerprint density at radius 1 is 1.15 bits per heavy atom. The highest BCUT2D eigenvalue weighted by Gasteiger charge is 2.30. The lowest BCUT2D eigenvalue weighted by molar-refractivity contribution is 0.174. The van der Waals surface area contributed by atoms with Gasteiger partial charge in [0.2, 0.25) is 6.79 Å². The zero-order valence-electron chi connectivity index (χ0n) is 13.8. The fourth-order valence-corrected chi connectivity index (χ4v) is 4.54. The van der Waals surface area contributed by atoms with Gasteiger partial charge in [0.05, 0.1) is 5.71 Å². The molecular formula is C19H16FN3O2S. The van der Waals surface area contributed by atoms with E-state index in [1.54, 1.807) is 17.8 Å². The number of fused-ring (bicyclic) bond motifs is 2. The second-order valence-electron chi connectivity index (χ2n) is 6.29. The molecule has 132 valence electrons. The van der Waals surface area contributed by atoms with Gasteiger partial charge in [-0.05, 0) is 30.3 Å². The molecule has 7 heteroatoms. The number of halogens is 1. The monoisotopic (exact) mass is 369 g/mol. The summed E-state index contributed by atoms with van der Waals surface area (Å²) in [6, 6.07) is 10.4. The van der Waals surface area contributed by atoms with Crippen LogP contribution in [0.15, 0.2) is 52.5 Å². The summed E-state index contributed by atoms with van der Waals surface area (Å²) in [6.45, 7) is 1.09. The van der Waals surface area contributed by atoms with E-state index in [2.05, 4.69) is 11.1 Å². The highest BCUT2D eigenvalue weighted by molar-refractivity contribution is 8.04. The van der Waals surface area contributed by atoms with Crippen LogP contribution >= 0.6 is 11.8 Å². The SMILES string of the molecule is Nc1ccc(F)cc1C1N=C2CCN(c3ccc4c(c3)OCO4)C=C2S1. The topological polar surface area (TPSA) is 60.1 Å². The molecule has 2 aromatic carbocycles. The van der Waals surface area contributed by atoms with Crippen LogP contribution in [0.1, 0.15) is 17.4 Å². The van der Waals surface area contributed by atoms with Gasteiger partial charge in [0.15, 0.2) is 11.5 Å². The number of aliphatic imine (C=N–C) groups is 1. The van der Waals surface area contributed by atoms with E-state index in [9.17, 15) is 4.39 Å². The highest BCUT2D eigenvalue weighted by Crippen LogP contribution is 2.47. The van der Waals surface area contributed by atoms with Gasteiger partial charge in [-0.3, -0.25) is 4.99 Å². The van der Waals surface area contributed by atoms with Crippen LogP contribution in [0.25, 0.3) is 0 Å². The fourth-order valence-electron chi connectivity index (χ4n) is 3.30. The minimum atomic E-state index is -0.291. The van der Waals surface area contributed by atoms with Gasteiger partial charge in [0.25, 0.3) is 0 Å². The number of allylic oxidation sites excluding steroid dienone is 1. The molecule has 2 N–H and O–H groups in total. The fraction of sp³-hybridized carbons (Fsp3) is 0.211. The van der Waals surface area contributed by atoms with E-state index in [4.69, 9.17) is 20.2 Å². The predicted molar refractivity (Wildman–Crippen MR) is 101 cm³/mol. The van der Waals surface area contributed by atoms with Gasteiger partial charge in [0, 0.05) is 47.1 Å². The molecule has 0 aromatic heterocycles. The zero-order chi connectivity index (χ0) is 17.7. The largest absolute Gasteiger partial charge is 0.454 e. The van der Waals surface area contributed by atoms with Crippen molar-refractivity contribution in [2.45, 2.75) is 11.8 Å². The molecule has 3 aliphatic heterocycles. The zero-order valence-corrected chi connectivity index (χ0v) is 14.6. The Hall–Kier alpha value is -2.67. The first-order valence-electron chi connectivity index (χ1n) is 8.34. The summed E-state index contributed by atoms with van der Waals surface area (Å²) in [6.07, 6.45) is 2.93. The molecular weight excluding hydrogens is 353 g/mol. The maximum atomic E-state index is 13.6. The molecule has 2 aromatic rings. The predicted octanol–water partition coefficient (Wildman–Crippen LogP) is 4.07. The summed E-state index contributed by atoms with van der Waals surface area (Å²) in [7, 11) is 0. The smallest absolute Gasteiger partial charge is 0.231 e. The highest BCUT2D eigenvalue weighted by atomic mass is 32.2. The Balaban J connectivity index is 1.42. The standard InChI is InChI=1S/C19H16FN3O2S/c20-11-1-3-14(21)13(7-11)19-22-15-5-6-23(9-18(15)26-19)12-2-4-16-17(8-12)25-10-24-16/h1-4,7-9,19H,5-6,10,21H2. The number of thioether (sulfide) groups is 1. The summed E-state index contributed by atoms with van der Waals surface area (Å²) in [5.41, 5.74) is 9.43. The van der Waals surface area contributed by atoms with Crippen molar-refractivity contribution < 1.29 is 13.9 Å². The van der Waals surface area contributed by atoms with Crippen molar-refractivity contribution in [2.24, 2.45) is 4.99 Å². The third-order valence-electron chi connectivity index (χ3n) is 4.66. The molecule has 0 amide bonds. The molecule has 3 heterocycles. The molecule has 26 heavy (non-hydrogen) atoms. The van der Waals surface area contributed by atoms with Crippen LogP contribution < -0.4 is 20.1 Å². The summed E-state index contributed by atoms with van der Waals surface area (Å²) >= 11 is 1.61. The van der Waals surface area contributed by atoms with Gasteiger partial charge in [-0.2, -0.15) is 0 Å². The molecule has 3 aliphatic rings. The number of nitrogens with zero attached hydrogens (tertiary/aromatic N) is 2. The average molecular weight is 369 g/mol. The molecule has 0 saturated heterocycles. The summed E-state index contributed by atoms with van der Waals surface area (Å²) in [5, 5.41) is -0.191. The summed E-state index contributed by atoms with van der Waals surface area (Å²) < 4.78 is 24.4. The van der Waals surface area contributed by atoms with Crippen molar-refractivity contribution in [3.05, 3.63) is 58.9 Å². The van der Waals surface area contributed by atoms with Gasteiger partial charge in [-0.1, -0.05) is 11.8 Å². The van der Waals surface area contributed by atoms with Crippen molar-refractivity contribution in [1.29, 1.82) is 0 Å². The Kier molecular flexibility index (Phi) is 3.56. The van der Waals surface area contributed by atoms with Crippen LogP contribution in [0.4, 0.5) is 15.8 Å². The van der Waals surface area contributed by atoms with E-state index in [1.807, 2.05) is 18.2 Å². The first-order chi connectivity index (χ1) is 12.7. The van der Waals surface area contributed by atoms with Crippen molar-refractivity contribution in [3.8, 4) is 11.5 Å². The Labute approximate surface area is 154 Å². The Morgan fingerprint density at radius 3 is 2.96 bits per heavy atom. The first-order valence-corrected chi connectivity index (χ1v) is 9.22. The molecule has 0 spiro atoms. The number of benzene rings is 2. The van der Waals surface area contributed by atoms with Gasteiger partial charge >= 0.3 is 0 Å². The van der Waals surface area contributed by atoms with E-state index in [0.29, 0.717) is 5.69 Å². The van der Waals surface area contributed by atoms with Crippen molar-refractivity contribution >= 4 is 28.8 Å². The number of nitrogens with two attached hydrogens (primary N) is 1. The molecule has 0 radical (unpaired) electrons. The van der Waals surface area contributed by atoms with E-state index >= 15 is 0 Å². The van der Waals surface area contributed by atoms with Gasteiger partial charge in [-0.25, -0.2) is 4.39 Å². The quantitative estimate of drug-likeness (QED) is 0.809. The molecule has 0 bridgehead atoms. The van der Waals surface area contributed by atoms with Crippen LogP contribution in [0.2, 0.25) is 0 Å². The third kappa shape index (κ3) is 2.59. The Morgan fingerprint density at radius 2 is 2.04 bits per heavy atom. The second-order valence-corrected chi connectivity index (χ2v) is 7.42. The van der Waals surface area contributed by atoms with Crippen LogP contribution in [0.5, 0.6) is 11.5 Å². The van der Waals surface area contributed by atoms with Crippen molar-refractivity contribution in [1.82, 2.24) is 0 Å². The van der Waals surface area contributed by atoms with Gasteiger partial charge in [0.1, 0.15) is 11.2 Å². The van der Waals surface area contributed by atoms with Crippen LogP contribution in [0, 0.1) is 5.82 Å². The van der Waals surface area contributed by atoms with E-state index in [0.717, 1.165) is 46.3 Å². The maximum absolute atomic E-state index is 13.6. The molecule has 0 fully saturated rings. The lowest BCUT2D eigenvalue weighted by atomic mass is 10.1. The normalized spacial score (nSPS) is 20.7. The number of hydrogen-bond donors (Lipinski definition) is 1. The van der Waals surface area contributed by atoms with E-state index in [-0.39, 0.29) is 18.0 Å². The lowest BCUT2D eigenvalue weighted by Gasteiger charge is -2.25. The van der Waals surface area contributed by atoms with E-state index in [1.165, 1.54) is 12.1 Å². The molecule has 1 atom stereocenters. The van der Waals surface area contributed by atoms with Crippen molar-refractivity contribution in [2.75, 3.05) is 24.0 Å². The van der Waals surface area contributed by atoms with Gasteiger partial charge in [-0.15, -0.1) is 0 Å². The molecule has 5 rings (SSSR count). The van der Waals surface area contributed by atoms with Gasteiger partial charge < -0.3 is 20.1 Å². The Bertz CT molecular complexity index is 960. The molecule has 5 nitrogen and oxygen atoms in total. The van der Waals surface area contributed by atoms with Crippen LogP contribution in [-0.4, -0.2) is 19.0 Å². The summed E-state index contributed by atoms with van der Waals surface area (Å²) in [5.74, 6) is 1.25. The third-order valence-corrected chi connectivity index (χ3v) is 5.84. The van der Waals surface area contributed by atoms with E-state index < -0.39 is 0 Å². The maximum Gasteiger partial charge on any atom is 0.231 e. The number of hydrogen-bond acceptors (Lipinski definition) is 6. The van der Waals surface area contributed by atoms with Crippen LogP contribution in [0.3, 0.4) is 0 Å². The molecule has 1 unspecified atom stereocenters. The second kappa shape index (κ2) is 5.95. The number of anilines is 2. The lowest BCUT2D eigenvalue weighted by Crippen LogP contribution is -2.25. The summed E-state index contributed by atoms with van der Waals surface area (Å²) in [4.78, 5) is 8.04. The minimum absolute atomic E-state index is 0.191. The number of nitrogen functional groups attached to an aromatic ring is 1. The number of rotatable bonds is 2. The van der Waals surface area contributed by atoms with Crippen LogP contribution in [-0.2, 0) is 0 Å². The first kappa shape index (κ1) is 15.6. The molecule has 0 saturated carbocycles. The molecule has 0 aliphatic carbocycles. The number of ether oxygens (including phenoxy) is 2.